The number of anilines is 1. The molecule has 0 bridgehead atoms. The van der Waals surface area contributed by atoms with Crippen LogP contribution in [-0.2, 0) is 14.3 Å². The van der Waals surface area contributed by atoms with Crippen molar-refractivity contribution in [2.45, 2.75) is 51.3 Å². The molecule has 194 valence electrons. The maximum Gasteiger partial charge on any atom is 0.249 e. The molecule has 0 saturated carbocycles. The summed E-state index contributed by atoms with van der Waals surface area (Å²) in [7, 11) is 0. The third-order valence-electron chi connectivity index (χ3n) is 7.51. The number of hydrogen-bond acceptors (Lipinski definition) is 7. The van der Waals surface area contributed by atoms with Gasteiger partial charge in [0.25, 0.3) is 0 Å². The predicted molar refractivity (Wildman–Crippen MR) is 135 cm³/mol. The minimum atomic E-state index is -0.787. The number of piperazine rings is 1. The minimum absolute atomic E-state index is 0.100. The van der Waals surface area contributed by atoms with E-state index in [0.717, 1.165) is 38.4 Å². The monoisotopic (exact) mass is 497 g/mol. The van der Waals surface area contributed by atoms with E-state index in [1.807, 2.05) is 26.0 Å². The number of likely N-dealkylation sites (N-methyl/N-ethyl adjacent to an activating group) is 1. The van der Waals surface area contributed by atoms with Gasteiger partial charge in [-0.15, -0.1) is 0 Å². The van der Waals surface area contributed by atoms with Crippen LogP contribution in [0.15, 0.2) is 23.3 Å². The lowest BCUT2D eigenvalue weighted by Crippen LogP contribution is -2.46. The number of ketones is 1. The van der Waals surface area contributed by atoms with Gasteiger partial charge in [0.1, 0.15) is 12.6 Å². The normalized spacial score (nSPS) is 25.1. The van der Waals surface area contributed by atoms with Gasteiger partial charge in [0, 0.05) is 48.9 Å². The number of Topliss-reactive ketones (excluding diaryl/α,β-unsaturated/α-hetero) is 1. The summed E-state index contributed by atoms with van der Waals surface area (Å²) in [6.07, 6.45) is -0.171. The smallest absolute Gasteiger partial charge is 0.249 e. The van der Waals surface area contributed by atoms with Gasteiger partial charge < -0.3 is 25.2 Å². The van der Waals surface area contributed by atoms with E-state index in [9.17, 15) is 14.4 Å². The summed E-state index contributed by atoms with van der Waals surface area (Å²) in [5, 5.41) is 3.79. The molecule has 11 nitrogen and oxygen atoms in total. The van der Waals surface area contributed by atoms with Gasteiger partial charge in [-0.2, -0.15) is 0 Å². The molecule has 2 N–H and O–H groups in total. The van der Waals surface area contributed by atoms with Crippen molar-refractivity contribution in [3.05, 3.63) is 39.8 Å². The lowest BCUT2D eigenvalue weighted by Gasteiger charge is -2.36. The van der Waals surface area contributed by atoms with Crippen LogP contribution in [0.1, 0.15) is 49.0 Å². The summed E-state index contributed by atoms with van der Waals surface area (Å²) in [6.45, 7) is 10.7. The number of nitrogens with zero attached hydrogens (tertiary/aromatic N) is 6. The number of azide groups is 1. The molecule has 0 radical (unpaired) electrons. The van der Waals surface area contributed by atoms with Crippen LogP contribution in [0.4, 0.5) is 5.69 Å². The molecule has 3 aliphatic heterocycles. The van der Waals surface area contributed by atoms with E-state index in [0.29, 0.717) is 17.5 Å². The quantitative estimate of drug-likeness (QED) is 0.330. The van der Waals surface area contributed by atoms with Crippen molar-refractivity contribution in [1.82, 2.24) is 9.80 Å². The molecule has 0 unspecified atom stereocenters. The number of carbonyl (C=O) groups excluding carboxylic acids is 3. The Morgan fingerprint density at radius 1 is 1.25 bits per heavy atom. The Labute approximate surface area is 211 Å². The number of fused-ring (bicyclic) bond motifs is 1. The summed E-state index contributed by atoms with van der Waals surface area (Å²) >= 11 is 0. The van der Waals surface area contributed by atoms with Crippen LogP contribution >= 0.6 is 0 Å². The first-order valence-electron chi connectivity index (χ1n) is 12.6. The van der Waals surface area contributed by atoms with Crippen LogP contribution in [-0.4, -0.2) is 91.5 Å². The zero-order valence-corrected chi connectivity index (χ0v) is 21.2. The van der Waals surface area contributed by atoms with Gasteiger partial charge in [-0.05, 0) is 48.2 Å². The van der Waals surface area contributed by atoms with E-state index in [-0.39, 0.29) is 30.8 Å². The van der Waals surface area contributed by atoms with Gasteiger partial charge in [0.2, 0.25) is 11.8 Å². The van der Waals surface area contributed by atoms with Crippen molar-refractivity contribution in [2.24, 2.45) is 16.8 Å². The molecule has 4 atom stereocenters. The zero-order valence-electron chi connectivity index (χ0n) is 21.2. The van der Waals surface area contributed by atoms with Gasteiger partial charge in [-0.3, -0.25) is 14.4 Å². The summed E-state index contributed by atoms with van der Waals surface area (Å²) in [4.78, 5) is 48.2. The number of amides is 2. The van der Waals surface area contributed by atoms with Crippen molar-refractivity contribution in [1.29, 1.82) is 0 Å². The molecule has 3 heterocycles. The Morgan fingerprint density at radius 3 is 2.58 bits per heavy atom. The lowest BCUT2D eigenvalue weighted by molar-refractivity contribution is -0.138. The maximum atomic E-state index is 14.1. The number of rotatable bonds is 8. The van der Waals surface area contributed by atoms with Crippen molar-refractivity contribution >= 4 is 23.3 Å². The number of hydrogen-bond donors (Lipinski definition) is 1. The van der Waals surface area contributed by atoms with Crippen LogP contribution in [0.25, 0.3) is 10.4 Å². The second kappa shape index (κ2) is 10.9. The molecule has 3 fully saturated rings. The summed E-state index contributed by atoms with van der Waals surface area (Å²) in [5.41, 5.74) is 16.6. The molecule has 1 aromatic rings. The lowest BCUT2D eigenvalue weighted by atomic mass is 9.85. The number of primary amides is 1. The molecule has 4 rings (SSSR count). The molecule has 3 saturated heterocycles. The first-order valence-corrected chi connectivity index (χ1v) is 12.6. The van der Waals surface area contributed by atoms with E-state index in [1.54, 1.807) is 6.07 Å². The van der Waals surface area contributed by atoms with Gasteiger partial charge in [-0.25, -0.2) is 0 Å². The Bertz CT molecular complexity index is 1060. The van der Waals surface area contributed by atoms with E-state index in [1.165, 1.54) is 4.90 Å². The highest BCUT2D eigenvalue weighted by atomic mass is 16.5. The zero-order chi connectivity index (χ0) is 26.0. The fourth-order valence-corrected chi connectivity index (χ4v) is 5.64. The van der Waals surface area contributed by atoms with E-state index >= 15 is 0 Å². The number of likely N-dealkylation sites (tertiary alicyclic amines) is 1. The molecular weight excluding hydrogens is 462 g/mol. The minimum Gasteiger partial charge on any atom is -0.369 e. The molecular formula is C25H35N7O4. The van der Waals surface area contributed by atoms with Crippen molar-refractivity contribution in [3.8, 4) is 0 Å². The highest BCUT2D eigenvalue weighted by molar-refractivity contribution is 5.99. The Hall–Kier alpha value is -3.14. The SMILES string of the molecule is CCN1CCN(c2ccc(C(N)=O)c([C@H](CC(C)C)C(=O)N3C[C@H](N=[N+]=[N-])[C@H]4OCC(=O)[C@H]43)c2)CC1. The topological polar surface area (TPSA) is 145 Å². The van der Waals surface area contributed by atoms with E-state index in [2.05, 4.69) is 26.7 Å². The second-order valence-electron chi connectivity index (χ2n) is 10.2. The first kappa shape index (κ1) is 25.9. The Balaban J connectivity index is 1.71. The maximum absolute atomic E-state index is 14.1. The molecule has 0 aliphatic carbocycles. The number of benzene rings is 1. The molecule has 3 aliphatic rings. The van der Waals surface area contributed by atoms with Crippen molar-refractivity contribution in [3.63, 3.8) is 0 Å². The van der Waals surface area contributed by atoms with Crippen LogP contribution in [0.2, 0.25) is 0 Å². The molecule has 11 heteroatoms. The van der Waals surface area contributed by atoms with E-state index < -0.39 is 30.0 Å². The predicted octanol–water partition coefficient (Wildman–Crippen LogP) is 1.91. The molecule has 2 amide bonds. The molecule has 0 aromatic heterocycles. The average molecular weight is 498 g/mol. The fraction of sp³-hybridized carbons (Fsp3) is 0.640. The number of ether oxygens (including phenoxy) is 1. The Morgan fingerprint density at radius 2 is 1.97 bits per heavy atom. The van der Waals surface area contributed by atoms with Crippen molar-refractivity contribution in [2.75, 3.05) is 50.8 Å². The highest BCUT2D eigenvalue weighted by Gasteiger charge is 2.53. The van der Waals surface area contributed by atoms with Crippen LogP contribution < -0.4 is 10.6 Å². The fourth-order valence-electron chi connectivity index (χ4n) is 5.64. The standard InChI is InChI=1S/C25H35N7O4/c1-4-30-7-9-31(10-8-30)16-5-6-17(24(26)34)18(12-16)19(11-15(2)3)25(35)32-13-20(28-29-27)23-22(32)21(33)14-36-23/h5-6,12,15,19-20,22-23H,4,7-11,13-14H2,1-3H3,(H2,26,34)/t19-,20-,22+,23+/m0/s1. The summed E-state index contributed by atoms with van der Waals surface area (Å²) in [6, 6.07) is 4.09. The molecule has 36 heavy (non-hydrogen) atoms. The first-order chi connectivity index (χ1) is 17.2. The third kappa shape index (κ3) is 5.04. The number of nitrogens with two attached hydrogens (primary N) is 1. The molecule has 1 aromatic carbocycles. The van der Waals surface area contributed by atoms with Gasteiger partial charge in [0.15, 0.2) is 5.78 Å². The summed E-state index contributed by atoms with van der Waals surface area (Å²) in [5.74, 6) is -1.62. The van der Waals surface area contributed by atoms with Gasteiger partial charge >= 0.3 is 0 Å². The van der Waals surface area contributed by atoms with E-state index in [4.69, 9.17) is 16.0 Å². The van der Waals surface area contributed by atoms with Crippen LogP contribution in [0, 0.1) is 5.92 Å². The second-order valence-corrected chi connectivity index (χ2v) is 10.2. The average Bonchev–Trinajstić information content (AvgIpc) is 3.42. The van der Waals surface area contributed by atoms with Crippen molar-refractivity contribution < 1.29 is 19.1 Å². The van der Waals surface area contributed by atoms with Gasteiger partial charge in [-0.1, -0.05) is 25.9 Å². The number of carbonyl (C=O) groups is 3. The largest absolute Gasteiger partial charge is 0.369 e. The summed E-state index contributed by atoms with van der Waals surface area (Å²) < 4.78 is 5.59. The van der Waals surface area contributed by atoms with Crippen LogP contribution in [0.5, 0.6) is 0 Å². The molecule has 0 spiro atoms. The third-order valence-corrected chi connectivity index (χ3v) is 7.51. The van der Waals surface area contributed by atoms with Gasteiger partial charge in [0.05, 0.1) is 18.1 Å². The highest BCUT2D eigenvalue weighted by Crippen LogP contribution is 2.37. The Kier molecular flexibility index (Phi) is 7.82. The van der Waals surface area contributed by atoms with Crippen LogP contribution in [0.3, 0.4) is 0 Å².